The van der Waals surface area contributed by atoms with E-state index in [0.29, 0.717) is 0 Å². The Hall–Kier alpha value is -2.75. The van der Waals surface area contributed by atoms with Crippen LogP contribution in [-0.4, -0.2) is 30.3 Å². The molecule has 0 saturated heterocycles. The van der Waals surface area contributed by atoms with Crippen LogP contribution in [0.2, 0.25) is 0 Å². The van der Waals surface area contributed by atoms with Gasteiger partial charge in [0.25, 0.3) is 0 Å². The molecule has 20 heavy (non-hydrogen) atoms. The Morgan fingerprint density at radius 1 is 1.55 bits per heavy atom. The van der Waals surface area contributed by atoms with Gasteiger partial charge < -0.3 is 20.5 Å². The maximum absolute atomic E-state index is 13.0. The van der Waals surface area contributed by atoms with Crippen molar-refractivity contribution >= 4 is 17.7 Å². The van der Waals surface area contributed by atoms with Gasteiger partial charge in [0, 0.05) is 12.5 Å². The number of hydrogen-bond donors (Lipinski definition) is 3. The quantitative estimate of drug-likeness (QED) is 0.712. The number of benzene rings is 1. The Balaban J connectivity index is 2.76. The van der Waals surface area contributed by atoms with Crippen molar-refractivity contribution in [3.05, 3.63) is 24.0 Å². The van der Waals surface area contributed by atoms with Crippen molar-refractivity contribution < 1.29 is 23.8 Å². The lowest BCUT2D eigenvalue weighted by Gasteiger charge is -2.14. The molecular weight excluding hydrogens is 267 g/mol. The molecule has 0 spiro atoms. The number of anilines is 1. The second-order valence-corrected chi connectivity index (χ2v) is 3.74. The van der Waals surface area contributed by atoms with Gasteiger partial charge in [-0.15, -0.1) is 12.3 Å². The fraction of sp³-hybridized carbons (Fsp3) is 0.231. The number of carbonyl (C=O) groups excluding carboxylic acids is 1. The van der Waals surface area contributed by atoms with Crippen LogP contribution in [0.25, 0.3) is 0 Å². The summed E-state index contributed by atoms with van der Waals surface area (Å²) in [4.78, 5) is 22.5. The average Bonchev–Trinajstić information content (AvgIpc) is 2.40. The van der Waals surface area contributed by atoms with Gasteiger partial charge in [0.05, 0.1) is 12.8 Å². The molecule has 3 N–H and O–H groups in total. The molecular formula is C13H13FN2O4. The number of ether oxygens (including phenoxy) is 1. The minimum absolute atomic E-state index is 0.115. The molecule has 0 aliphatic heterocycles. The van der Waals surface area contributed by atoms with E-state index in [1.165, 1.54) is 13.2 Å². The zero-order valence-corrected chi connectivity index (χ0v) is 10.6. The Labute approximate surface area is 114 Å². The van der Waals surface area contributed by atoms with Crippen LogP contribution in [0.1, 0.15) is 6.42 Å². The highest BCUT2D eigenvalue weighted by molar-refractivity contribution is 5.93. The number of amides is 2. The standard InChI is InChI=1S/C13H13FN2O4/c1-3-4-10(12(17)18)16-13(19)15-9-6-5-8(14)7-11(9)20-2/h1,5-7,10H,4H2,2H3,(H,17,18)(H2,15,16,19). The summed E-state index contributed by atoms with van der Waals surface area (Å²) < 4.78 is 17.9. The van der Waals surface area contributed by atoms with E-state index in [-0.39, 0.29) is 17.9 Å². The molecule has 106 valence electrons. The lowest BCUT2D eigenvalue weighted by atomic mass is 10.2. The van der Waals surface area contributed by atoms with E-state index in [0.717, 1.165) is 12.1 Å². The van der Waals surface area contributed by atoms with Gasteiger partial charge in [0.2, 0.25) is 0 Å². The summed E-state index contributed by atoms with van der Waals surface area (Å²) in [6, 6.07) is 1.54. The van der Waals surface area contributed by atoms with Crippen LogP contribution in [0.3, 0.4) is 0 Å². The molecule has 0 saturated carbocycles. The fourth-order valence-corrected chi connectivity index (χ4v) is 1.40. The van der Waals surface area contributed by atoms with Crippen LogP contribution >= 0.6 is 0 Å². The fourth-order valence-electron chi connectivity index (χ4n) is 1.40. The number of rotatable bonds is 5. The number of hydrogen-bond acceptors (Lipinski definition) is 3. The summed E-state index contributed by atoms with van der Waals surface area (Å²) in [7, 11) is 1.32. The molecule has 2 amide bonds. The maximum Gasteiger partial charge on any atom is 0.327 e. The zero-order valence-electron chi connectivity index (χ0n) is 10.6. The first-order valence-electron chi connectivity index (χ1n) is 5.55. The number of urea groups is 1. The first-order valence-corrected chi connectivity index (χ1v) is 5.55. The Bertz CT molecular complexity index is 554. The van der Waals surface area contributed by atoms with Gasteiger partial charge in [0.15, 0.2) is 0 Å². The number of carboxylic acid groups (broad SMARTS) is 1. The van der Waals surface area contributed by atoms with Crippen molar-refractivity contribution in [2.24, 2.45) is 0 Å². The maximum atomic E-state index is 13.0. The summed E-state index contributed by atoms with van der Waals surface area (Å²) in [6.07, 6.45) is 4.86. The van der Waals surface area contributed by atoms with Gasteiger partial charge in [-0.3, -0.25) is 0 Å². The van der Waals surface area contributed by atoms with E-state index in [1.54, 1.807) is 0 Å². The van der Waals surface area contributed by atoms with Gasteiger partial charge in [0.1, 0.15) is 17.6 Å². The van der Waals surface area contributed by atoms with Crippen molar-refractivity contribution in [2.45, 2.75) is 12.5 Å². The van der Waals surface area contributed by atoms with Gasteiger partial charge in [-0.2, -0.15) is 0 Å². The second-order valence-electron chi connectivity index (χ2n) is 3.74. The summed E-state index contributed by atoms with van der Waals surface area (Å²) in [6.45, 7) is 0. The SMILES string of the molecule is C#CCC(NC(=O)Nc1ccc(F)cc1OC)C(=O)O. The highest BCUT2D eigenvalue weighted by Gasteiger charge is 2.19. The van der Waals surface area contributed by atoms with Crippen LogP contribution in [0.15, 0.2) is 18.2 Å². The number of carboxylic acids is 1. The highest BCUT2D eigenvalue weighted by atomic mass is 19.1. The predicted octanol–water partition coefficient (Wildman–Crippen LogP) is 1.43. The van der Waals surface area contributed by atoms with E-state index < -0.39 is 23.9 Å². The summed E-state index contributed by atoms with van der Waals surface area (Å²) in [5.74, 6) is 0.495. The van der Waals surface area contributed by atoms with Crippen molar-refractivity contribution in [3.63, 3.8) is 0 Å². The van der Waals surface area contributed by atoms with E-state index in [1.807, 2.05) is 0 Å². The molecule has 0 fully saturated rings. The van der Waals surface area contributed by atoms with Crippen LogP contribution < -0.4 is 15.4 Å². The van der Waals surface area contributed by atoms with Crippen molar-refractivity contribution in [1.29, 1.82) is 0 Å². The molecule has 0 bridgehead atoms. The number of nitrogens with one attached hydrogen (secondary N) is 2. The molecule has 7 heteroatoms. The first kappa shape index (κ1) is 15.3. The minimum atomic E-state index is -1.25. The summed E-state index contributed by atoms with van der Waals surface area (Å²) >= 11 is 0. The highest BCUT2D eigenvalue weighted by Crippen LogP contribution is 2.24. The minimum Gasteiger partial charge on any atom is -0.494 e. The number of terminal acetylenes is 1. The van der Waals surface area contributed by atoms with Crippen LogP contribution in [-0.2, 0) is 4.79 Å². The van der Waals surface area contributed by atoms with Gasteiger partial charge in [-0.25, -0.2) is 14.0 Å². The third kappa shape index (κ3) is 4.17. The van der Waals surface area contributed by atoms with Gasteiger partial charge >= 0.3 is 12.0 Å². The number of halogens is 1. The molecule has 0 aliphatic rings. The van der Waals surface area contributed by atoms with Crippen molar-refractivity contribution in [3.8, 4) is 18.1 Å². The number of carbonyl (C=O) groups is 2. The largest absolute Gasteiger partial charge is 0.494 e. The third-order valence-corrected chi connectivity index (χ3v) is 2.34. The second kappa shape index (κ2) is 6.99. The zero-order chi connectivity index (χ0) is 15.1. The molecule has 0 aliphatic carbocycles. The van der Waals surface area contributed by atoms with Crippen molar-refractivity contribution in [1.82, 2.24) is 5.32 Å². The Morgan fingerprint density at radius 3 is 2.80 bits per heavy atom. The van der Waals surface area contributed by atoms with Crippen LogP contribution in [0.4, 0.5) is 14.9 Å². The smallest absolute Gasteiger partial charge is 0.327 e. The molecule has 0 aromatic heterocycles. The van der Waals surface area contributed by atoms with Crippen LogP contribution in [0.5, 0.6) is 5.75 Å². The first-order chi connectivity index (χ1) is 9.47. The lowest BCUT2D eigenvalue weighted by Crippen LogP contribution is -2.42. The Morgan fingerprint density at radius 2 is 2.25 bits per heavy atom. The number of aliphatic carboxylic acids is 1. The van der Waals surface area contributed by atoms with Gasteiger partial charge in [-0.1, -0.05) is 0 Å². The van der Waals surface area contributed by atoms with Gasteiger partial charge in [-0.05, 0) is 12.1 Å². The van der Waals surface area contributed by atoms with E-state index in [4.69, 9.17) is 16.3 Å². The van der Waals surface area contributed by atoms with E-state index in [2.05, 4.69) is 16.6 Å². The third-order valence-electron chi connectivity index (χ3n) is 2.34. The Kier molecular flexibility index (Phi) is 5.35. The molecule has 0 heterocycles. The molecule has 0 radical (unpaired) electrons. The topological polar surface area (TPSA) is 87.7 Å². The van der Waals surface area contributed by atoms with Crippen LogP contribution in [0, 0.1) is 18.2 Å². The summed E-state index contributed by atoms with van der Waals surface area (Å²) in [5, 5.41) is 13.4. The normalized spacial score (nSPS) is 11.1. The van der Waals surface area contributed by atoms with Crippen molar-refractivity contribution in [2.75, 3.05) is 12.4 Å². The molecule has 1 rings (SSSR count). The monoisotopic (exact) mass is 280 g/mol. The molecule has 1 aromatic carbocycles. The molecule has 6 nitrogen and oxygen atoms in total. The molecule has 1 unspecified atom stereocenters. The average molecular weight is 280 g/mol. The molecule has 1 atom stereocenters. The van der Waals surface area contributed by atoms with E-state index >= 15 is 0 Å². The van der Waals surface area contributed by atoms with E-state index in [9.17, 15) is 14.0 Å². The lowest BCUT2D eigenvalue weighted by molar-refractivity contribution is -0.139. The molecule has 1 aromatic rings. The summed E-state index contributed by atoms with van der Waals surface area (Å²) in [5.41, 5.74) is 0.205. The predicted molar refractivity (Wildman–Crippen MR) is 70.0 cm³/mol. The number of methoxy groups -OCH3 is 1.